The number of hydrogen-bond acceptors (Lipinski definition) is 4. The zero-order chi connectivity index (χ0) is 17.5. The fourth-order valence-corrected chi connectivity index (χ4v) is 2.88. The van der Waals surface area contributed by atoms with Gasteiger partial charge in [0, 0.05) is 24.7 Å². The highest BCUT2D eigenvalue weighted by Gasteiger charge is 2.28. The molecule has 1 aromatic carbocycles. The molecule has 0 spiro atoms. The van der Waals surface area contributed by atoms with E-state index < -0.39 is 0 Å². The minimum atomic E-state index is -0.218. The summed E-state index contributed by atoms with van der Waals surface area (Å²) in [7, 11) is 1.61. The molecule has 0 bridgehead atoms. The number of likely N-dealkylation sites (tertiary alicyclic amines) is 1. The van der Waals surface area contributed by atoms with Gasteiger partial charge in [0.05, 0.1) is 19.6 Å². The number of hydrogen-bond donors (Lipinski definition) is 0. The van der Waals surface area contributed by atoms with Crippen LogP contribution in [0.2, 0.25) is 0 Å². The van der Waals surface area contributed by atoms with E-state index in [0.717, 1.165) is 29.7 Å². The fourth-order valence-electron chi connectivity index (χ4n) is 2.88. The molecule has 0 aromatic heterocycles. The number of carbonyl (C=O) groups excluding carboxylic acids is 2. The lowest BCUT2D eigenvalue weighted by Gasteiger charge is -2.30. The van der Waals surface area contributed by atoms with Gasteiger partial charge in [-0.1, -0.05) is 11.6 Å². The first-order chi connectivity index (χ1) is 11.5. The van der Waals surface area contributed by atoms with Gasteiger partial charge < -0.3 is 14.4 Å². The van der Waals surface area contributed by atoms with Crippen molar-refractivity contribution in [1.82, 2.24) is 4.90 Å². The monoisotopic (exact) mass is 331 g/mol. The smallest absolute Gasteiger partial charge is 0.310 e. The summed E-state index contributed by atoms with van der Waals surface area (Å²) in [5, 5.41) is 0. The molecule has 1 aromatic rings. The standard InChI is InChI=1S/C19H25NO4/c1-4-24-19(22)16-6-5-11-20(13-16)18(21)10-8-15-12-14(2)7-9-17(15)23-3/h7-10,12,16H,4-6,11,13H2,1-3H3/b10-8+/t16-/m1/s1. The Morgan fingerprint density at radius 2 is 2.17 bits per heavy atom. The third kappa shape index (κ3) is 4.60. The summed E-state index contributed by atoms with van der Waals surface area (Å²) in [6.45, 7) is 5.25. The van der Waals surface area contributed by atoms with Crippen LogP contribution in [0.3, 0.4) is 0 Å². The molecule has 1 saturated heterocycles. The van der Waals surface area contributed by atoms with Crippen molar-refractivity contribution in [3.05, 3.63) is 35.4 Å². The third-order valence-corrected chi connectivity index (χ3v) is 4.14. The van der Waals surface area contributed by atoms with E-state index in [1.807, 2.05) is 25.1 Å². The molecule has 0 N–H and O–H groups in total. The summed E-state index contributed by atoms with van der Waals surface area (Å²) in [5.41, 5.74) is 1.97. The molecule has 2 rings (SSSR count). The lowest BCUT2D eigenvalue weighted by Crippen LogP contribution is -2.42. The van der Waals surface area contributed by atoms with Crippen molar-refractivity contribution in [3.63, 3.8) is 0 Å². The van der Waals surface area contributed by atoms with Gasteiger partial charge in [0.1, 0.15) is 5.75 Å². The Labute approximate surface area is 143 Å². The Morgan fingerprint density at radius 3 is 2.88 bits per heavy atom. The Bertz CT molecular complexity index is 624. The fraction of sp³-hybridized carbons (Fsp3) is 0.474. The van der Waals surface area contributed by atoms with Gasteiger partial charge >= 0.3 is 5.97 Å². The molecule has 1 atom stereocenters. The van der Waals surface area contributed by atoms with E-state index in [-0.39, 0.29) is 17.8 Å². The second-order valence-corrected chi connectivity index (χ2v) is 5.95. The molecule has 1 fully saturated rings. The van der Waals surface area contributed by atoms with Crippen LogP contribution < -0.4 is 4.74 Å². The molecule has 0 saturated carbocycles. The van der Waals surface area contributed by atoms with Crippen LogP contribution in [0.5, 0.6) is 5.75 Å². The van der Waals surface area contributed by atoms with Crippen molar-refractivity contribution < 1.29 is 19.1 Å². The summed E-state index contributed by atoms with van der Waals surface area (Å²) >= 11 is 0. The highest BCUT2D eigenvalue weighted by molar-refractivity contribution is 5.92. The second-order valence-electron chi connectivity index (χ2n) is 5.95. The van der Waals surface area contributed by atoms with Crippen LogP contribution >= 0.6 is 0 Å². The summed E-state index contributed by atoms with van der Waals surface area (Å²) in [5.74, 6) is 0.212. The predicted octanol–water partition coefficient (Wildman–Crippen LogP) is 2.82. The van der Waals surface area contributed by atoms with Gasteiger partial charge in [0.2, 0.25) is 5.91 Å². The van der Waals surface area contributed by atoms with E-state index in [0.29, 0.717) is 19.7 Å². The average Bonchev–Trinajstić information content (AvgIpc) is 2.60. The van der Waals surface area contributed by atoms with Crippen LogP contribution in [0.4, 0.5) is 0 Å². The van der Waals surface area contributed by atoms with E-state index in [9.17, 15) is 9.59 Å². The number of piperidine rings is 1. The molecule has 1 heterocycles. The molecule has 1 aliphatic rings. The van der Waals surface area contributed by atoms with E-state index in [2.05, 4.69) is 0 Å². The minimum absolute atomic E-state index is 0.0902. The van der Waals surface area contributed by atoms with E-state index >= 15 is 0 Å². The first-order valence-corrected chi connectivity index (χ1v) is 8.33. The first kappa shape index (κ1) is 18.0. The molecule has 0 aliphatic carbocycles. The number of nitrogens with zero attached hydrogens (tertiary/aromatic N) is 1. The number of esters is 1. The van der Waals surface area contributed by atoms with Gasteiger partial charge in [-0.2, -0.15) is 0 Å². The average molecular weight is 331 g/mol. The molecule has 24 heavy (non-hydrogen) atoms. The van der Waals surface area contributed by atoms with Crippen LogP contribution in [0.25, 0.3) is 6.08 Å². The van der Waals surface area contributed by atoms with Gasteiger partial charge in [-0.25, -0.2) is 0 Å². The molecule has 0 radical (unpaired) electrons. The first-order valence-electron chi connectivity index (χ1n) is 8.33. The number of methoxy groups -OCH3 is 1. The Balaban J connectivity index is 2.04. The quantitative estimate of drug-likeness (QED) is 0.615. The number of ether oxygens (including phenoxy) is 2. The summed E-state index contributed by atoms with van der Waals surface area (Å²) < 4.78 is 10.4. The van der Waals surface area contributed by atoms with E-state index in [4.69, 9.17) is 9.47 Å². The van der Waals surface area contributed by atoms with E-state index in [1.165, 1.54) is 0 Å². The van der Waals surface area contributed by atoms with E-state index in [1.54, 1.807) is 31.1 Å². The molecule has 5 heteroatoms. The molecule has 1 aliphatic heterocycles. The van der Waals surface area contributed by atoms with Crippen molar-refractivity contribution in [3.8, 4) is 5.75 Å². The summed E-state index contributed by atoms with van der Waals surface area (Å²) in [4.78, 5) is 26.0. The zero-order valence-corrected chi connectivity index (χ0v) is 14.6. The zero-order valence-electron chi connectivity index (χ0n) is 14.6. The number of carbonyl (C=O) groups is 2. The van der Waals surface area contributed by atoms with Crippen LogP contribution in [-0.4, -0.2) is 43.6 Å². The van der Waals surface area contributed by atoms with Crippen LogP contribution in [-0.2, 0) is 14.3 Å². The van der Waals surface area contributed by atoms with Gasteiger partial charge in [-0.15, -0.1) is 0 Å². The molecular weight excluding hydrogens is 306 g/mol. The van der Waals surface area contributed by atoms with Gasteiger partial charge in [0.25, 0.3) is 0 Å². The number of amides is 1. The largest absolute Gasteiger partial charge is 0.496 e. The summed E-state index contributed by atoms with van der Waals surface area (Å²) in [6.07, 6.45) is 4.90. The Hall–Kier alpha value is -2.30. The Kier molecular flexibility index (Phi) is 6.41. The highest BCUT2D eigenvalue weighted by Crippen LogP contribution is 2.22. The SMILES string of the molecule is CCOC(=O)[C@@H]1CCCN(C(=O)/C=C/c2cc(C)ccc2OC)C1. The Morgan fingerprint density at radius 1 is 1.38 bits per heavy atom. The number of aryl methyl sites for hydroxylation is 1. The van der Waals surface area contributed by atoms with Gasteiger partial charge in [-0.3, -0.25) is 9.59 Å². The third-order valence-electron chi connectivity index (χ3n) is 4.14. The molecule has 1 amide bonds. The van der Waals surface area contributed by atoms with Gasteiger partial charge in [-0.05, 0) is 44.9 Å². The molecular formula is C19H25NO4. The van der Waals surface area contributed by atoms with Crippen molar-refractivity contribution in [2.24, 2.45) is 5.92 Å². The van der Waals surface area contributed by atoms with Crippen LogP contribution in [0.15, 0.2) is 24.3 Å². The lowest BCUT2D eigenvalue weighted by atomic mass is 9.98. The number of rotatable bonds is 5. The maximum absolute atomic E-state index is 12.4. The minimum Gasteiger partial charge on any atom is -0.496 e. The topological polar surface area (TPSA) is 55.8 Å². The molecule has 0 unspecified atom stereocenters. The van der Waals surface area contributed by atoms with Crippen LogP contribution in [0, 0.1) is 12.8 Å². The van der Waals surface area contributed by atoms with Crippen molar-refractivity contribution in [2.75, 3.05) is 26.8 Å². The maximum atomic E-state index is 12.4. The molecule has 130 valence electrons. The maximum Gasteiger partial charge on any atom is 0.310 e. The van der Waals surface area contributed by atoms with Crippen molar-refractivity contribution in [2.45, 2.75) is 26.7 Å². The van der Waals surface area contributed by atoms with Crippen molar-refractivity contribution in [1.29, 1.82) is 0 Å². The van der Waals surface area contributed by atoms with Crippen LogP contribution in [0.1, 0.15) is 30.9 Å². The number of benzene rings is 1. The lowest BCUT2D eigenvalue weighted by molar-refractivity contribution is -0.150. The predicted molar refractivity (Wildman–Crippen MR) is 92.7 cm³/mol. The normalized spacial score (nSPS) is 17.8. The highest BCUT2D eigenvalue weighted by atomic mass is 16.5. The second kappa shape index (κ2) is 8.52. The summed E-state index contributed by atoms with van der Waals surface area (Å²) in [6, 6.07) is 5.82. The molecule has 5 nitrogen and oxygen atoms in total. The van der Waals surface area contributed by atoms with Gasteiger partial charge in [0.15, 0.2) is 0 Å². The van der Waals surface area contributed by atoms with Crippen molar-refractivity contribution >= 4 is 18.0 Å².